The fourth-order valence-electron chi connectivity index (χ4n) is 1.51. The van der Waals surface area contributed by atoms with Gasteiger partial charge in [0.25, 0.3) is 5.70 Å². The zero-order valence-corrected chi connectivity index (χ0v) is 9.40. The maximum Gasteiger partial charge on any atom is 0.298 e. The first kappa shape index (κ1) is 12.2. The van der Waals surface area contributed by atoms with Crippen molar-refractivity contribution >= 4 is 5.71 Å². The van der Waals surface area contributed by atoms with Gasteiger partial charge >= 0.3 is 0 Å². The molecular weight excluding hydrogens is 208 g/mol. The minimum absolute atomic E-state index is 0.0771. The van der Waals surface area contributed by atoms with Crippen molar-refractivity contribution in [1.82, 2.24) is 0 Å². The van der Waals surface area contributed by atoms with Gasteiger partial charge in [0.2, 0.25) is 0 Å². The molecule has 0 aliphatic heterocycles. The molecule has 0 radical (unpaired) electrons. The second kappa shape index (κ2) is 5.25. The van der Waals surface area contributed by atoms with E-state index in [9.17, 15) is 10.1 Å². The van der Waals surface area contributed by atoms with Crippen LogP contribution in [0.2, 0.25) is 0 Å². The van der Waals surface area contributed by atoms with Gasteiger partial charge in [-0.25, -0.2) is 0 Å². The summed E-state index contributed by atoms with van der Waals surface area (Å²) < 4.78 is 0. The summed E-state index contributed by atoms with van der Waals surface area (Å²) in [7, 11) is 1.36. The van der Waals surface area contributed by atoms with Crippen LogP contribution >= 0.6 is 0 Å². The third-order valence-electron chi connectivity index (χ3n) is 2.26. The van der Waals surface area contributed by atoms with Gasteiger partial charge in [0.05, 0.1) is 4.92 Å². The molecule has 86 valence electrons. The number of nitrogens with zero attached hydrogens (tertiary/aromatic N) is 2. The summed E-state index contributed by atoms with van der Waals surface area (Å²) in [6.45, 7) is 5.86. The standard InChI is InChI=1S/C11H14N2O3/c1-4-5-9-6-7-10(13(14)15)11(8(9)2)12-16-3/h6-7H,2,4-5H2,1,3H3/b12-11+. The van der Waals surface area contributed by atoms with Crippen LogP contribution in [0.3, 0.4) is 0 Å². The second-order valence-electron chi connectivity index (χ2n) is 3.35. The Morgan fingerprint density at radius 1 is 1.56 bits per heavy atom. The number of oxime groups is 1. The van der Waals surface area contributed by atoms with Gasteiger partial charge in [0, 0.05) is 11.6 Å². The lowest BCUT2D eigenvalue weighted by Gasteiger charge is -2.13. The van der Waals surface area contributed by atoms with E-state index in [1.54, 1.807) is 6.08 Å². The molecule has 0 aromatic rings. The molecular formula is C11H14N2O3. The number of nitro groups is 1. The smallest absolute Gasteiger partial charge is 0.298 e. The van der Waals surface area contributed by atoms with Gasteiger partial charge in [0.1, 0.15) is 7.11 Å². The predicted molar refractivity (Wildman–Crippen MR) is 61.7 cm³/mol. The molecule has 1 aliphatic rings. The molecule has 0 amide bonds. The van der Waals surface area contributed by atoms with Crippen molar-refractivity contribution in [3.05, 3.63) is 45.7 Å². The van der Waals surface area contributed by atoms with Gasteiger partial charge in [-0.3, -0.25) is 10.1 Å². The Morgan fingerprint density at radius 3 is 2.75 bits per heavy atom. The van der Waals surface area contributed by atoms with Crippen molar-refractivity contribution in [3.8, 4) is 0 Å². The Labute approximate surface area is 93.9 Å². The zero-order chi connectivity index (χ0) is 12.1. The summed E-state index contributed by atoms with van der Waals surface area (Å²) in [5, 5.41) is 14.4. The molecule has 0 aromatic carbocycles. The van der Waals surface area contributed by atoms with Crippen molar-refractivity contribution in [2.75, 3.05) is 7.11 Å². The first-order chi connectivity index (χ1) is 7.61. The molecule has 0 unspecified atom stereocenters. The quantitative estimate of drug-likeness (QED) is 0.542. The van der Waals surface area contributed by atoms with E-state index in [1.165, 1.54) is 13.2 Å². The summed E-state index contributed by atoms with van der Waals surface area (Å²) in [5.41, 5.74) is 1.66. The molecule has 0 N–H and O–H groups in total. The monoisotopic (exact) mass is 222 g/mol. The third kappa shape index (κ3) is 2.36. The van der Waals surface area contributed by atoms with Crippen LogP contribution in [0.25, 0.3) is 0 Å². The Kier molecular flexibility index (Phi) is 3.99. The molecule has 1 rings (SSSR count). The highest BCUT2D eigenvalue weighted by Gasteiger charge is 2.27. The van der Waals surface area contributed by atoms with Gasteiger partial charge in [-0.15, -0.1) is 0 Å². The number of rotatable bonds is 4. The lowest BCUT2D eigenvalue weighted by atomic mass is 9.92. The Balaban J connectivity index is 3.14. The lowest BCUT2D eigenvalue weighted by Crippen LogP contribution is -2.18. The molecule has 1 aliphatic carbocycles. The molecule has 0 saturated carbocycles. The van der Waals surface area contributed by atoms with E-state index in [4.69, 9.17) is 0 Å². The summed E-state index contributed by atoms with van der Waals surface area (Å²) in [4.78, 5) is 14.9. The molecule has 0 heterocycles. The lowest BCUT2D eigenvalue weighted by molar-refractivity contribution is -0.415. The maximum atomic E-state index is 10.8. The first-order valence-electron chi connectivity index (χ1n) is 4.98. The van der Waals surface area contributed by atoms with Crippen LogP contribution in [0.4, 0.5) is 0 Å². The van der Waals surface area contributed by atoms with Gasteiger partial charge < -0.3 is 4.84 Å². The molecule has 5 heteroatoms. The molecule has 0 bridgehead atoms. The van der Waals surface area contributed by atoms with Crippen LogP contribution in [-0.4, -0.2) is 17.7 Å². The fourth-order valence-corrected chi connectivity index (χ4v) is 1.51. The summed E-state index contributed by atoms with van der Waals surface area (Å²) in [5.74, 6) is 0. The van der Waals surface area contributed by atoms with Crippen LogP contribution in [-0.2, 0) is 4.84 Å². The van der Waals surface area contributed by atoms with Crippen LogP contribution in [0, 0.1) is 10.1 Å². The predicted octanol–water partition coefficient (Wildman–Crippen LogP) is 2.45. The zero-order valence-electron chi connectivity index (χ0n) is 9.40. The third-order valence-corrected chi connectivity index (χ3v) is 2.26. The highest BCUT2D eigenvalue weighted by molar-refractivity contribution is 6.14. The molecule has 5 nitrogen and oxygen atoms in total. The van der Waals surface area contributed by atoms with Crippen LogP contribution in [0.5, 0.6) is 0 Å². The van der Waals surface area contributed by atoms with Gasteiger partial charge in [0.15, 0.2) is 5.71 Å². The van der Waals surface area contributed by atoms with E-state index >= 15 is 0 Å². The highest BCUT2D eigenvalue weighted by Crippen LogP contribution is 2.24. The molecule has 0 saturated heterocycles. The SMILES string of the molecule is C=C1C(CCC)=CC=C([N+](=O)[O-])/C1=N/OC. The number of hydrogen-bond donors (Lipinski definition) is 0. The van der Waals surface area contributed by atoms with Crippen LogP contribution < -0.4 is 0 Å². The fraction of sp³-hybridized carbons (Fsp3) is 0.364. The average molecular weight is 222 g/mol. The summed E-state index contributed by atoms with van der Waals surface area (Å²) in [6.07, 6.45) is 4.94. The van der Waals surface area contributed by atoms with E-state index in [0.717, 1.165) is 18.4 Å². The van der Waals surface area contributed by atoms with E-state index in [1.807, 2.05) is 6.92 Å². The van der Waals surface area contributed by atoms with Crippen molar-refractivity contribution in [2.45, 2.75) is 19.8 Å². The van der Waals surface area contributed by atoms with E-state index < -0.39 is 4.92 Å². The number of allylic oxidation sites excluding steroid dienone is 4. The van der Waals surface area contributed by atoms with Gasteiger partial charge in [-0.1, -0.05) is 31.2 Å². The Hall–Kier alpha value is -1.91. The molecule has 0 aromatic heterocycles. The summed E-state index contributed by atoms with van der Waals surface area (Å²) in [6, 6.07) is 0. The molecule has 0 fully saturated rings. The van der Waals surface area contributed by atoms with Crippen LogP contribution in [0.1, 0.15) is 19.8 Å². The highest BCUT2D eigenvalue weighted by atomic mass is 16.6. The molecule has 0 spiro atoms. The largest absolute Gasteiger partial charge is 0.398 e. The molecule has 0 atom stereocenters. The average Bonchev–Trinajstić information content (AvgIpc) is 2.24. The van der Waals surface area contributed by atoms with Crippen molar-refractivity contribution < 1.29 is 9.76 Å². The minimum atomic E-state index is -0.484. The Morgan fingerprint density at radius 2 is 2.25 bits per heavy atom. The van der Waals surface area contributed by atoms with Crippen LogP contribution in [0.15, 0.2) is 40.7 Å². The van der Waals surface area contributed by atoms with Gasteiger partial charge in [-0.2, -0.15) is 0 Å². The van der Waals surface area contributed by atoms with Gasteiger partial charge in [-0.05, 0) is 12.0 Å². The number of hydrogen-bond acceptors (Lipinski definition) is 4. The summed E-state index contributed by atoms with van der Waals surface area (Å²) >= 11 is 0. The maximum absolute atomic E-state index is 10.8. The molecule has 16 heavy (non-hydrogen) atoms. The second-order valence-corrected chi connectivity index (χ2v) is 3.35. The van der Waals surface area contributed by atoms with E-state index in [-0.39, 0.29) is 11.4 Å². The topological polar surface area (TPSA) is 64.7 Å². The van der Waals surface area contributed by atoms with Crippen molar-refractivity contribution in [1.29, 1.82) is 0 Å². The van der Waals surface area contributed by atoms with E-state index in [0.29, 0.717) is 5.57 Å². The van der Waals surface area contributed by atoms with E-state index in [2.05, 4.69) is 16.6 Å². The Bertz CT molecular complexity index is 405. The van der Waals surface area contributed by atoms with Crippen molar-refractivity contribution in [3.63, 3.8) is 0 Å². The normalized spacial score (nSPS) is 18.1. The minimum Gasteiger partial charge on any atom is -0.398 e. The first-order valence-corrected chi connectivity index (χ1v) is 4.98. The van der Waals surface area contributed by atoms with Crippen molar-refractivity contribution in [2.24, 2.45) is 5.16 Å².